The number of nitrogens with zero attached hydrogens (tertiary/aromatic N) is 1. The van der Waals surface area contributed by atoms with Crippen molar-refractivity contribution in [1.82, 2.24) is 0 Å². The van der Waals surface area contributed by atoms with Gasteiger partial charge in [-0.1, -0.05) is 127 Å². The van der Waals surface area contributed by atoms with E-state index >= 15 is 0 Å². The molecular weight excluding hydrogens is 647 g/mol. The lowest BCUT2D eigenvalue weighted by Gasteiger charge is -2.32. The van der Waals surface area contributed by atoms with Gasteiger partial charge in [0.2, 0.25) is 0 Å². The Labute approximate surface area is 307 Å². The van der Waals surface area contributed by atoms with Crippen molar-refractivity contribution < 1.29 is 8.83 Å². The smallest absolute Gasteiger partial charge is 0.143 e. The van der Waals surface area contributed by atoms with Crippen LogP contribution in [-0.4, -0.2) is 0 Å². The van der Waals surface area contributed by atoms with Gasteiger partial charge in [-0.05, 0) is 83.8 Å². The average Bonchev–Trinajstić information content (AvgIpc) is 3.80. The summed E-state index contributed by atoms with van der Waals surface area (Å²) in [5.41, 5.74) is 13.3. The molecule has 0 bridgehead atoms. The summed E-state index contributed by atoms with van der Waals surface area (Å²) in [5.74, 6) is 0.243. The molecule has 7 aromatic carbocycles. The molecule has 2 aromatic heterocycles. The van der Waals surface area contributed by atoms with E-state index in [9.17, 15) is 0 Å². The zero-order chi connectivity index (χ0) is 34.9. The van der Waals surface area contributed by atoms with E-state index in [1.165, 1.54) is 22.1 Å². The van der Waals surface area contributed by atoms with Crippen molar-refractivity contribution in [2.45, 2.75) is 25.2 Å². The zero-order valence-corrected chi connectivity index (χ0v) is 29.1. The van der Waals surface area contributed by atoms with Gasteiger partial charge >= 0.3 is 0 Å². The number of para-hydroxylation sites is 3. The van der Waals surface area contributed by atoms with E-state index in [0.29, 0.717) is 0 Å². The minimum Gasteiger partial charge on any atom is -0.456 e. The first kappa shape index (κ1) is 30.1. The maximum Gasteiger partial charge on any atom is 0.143 e. The van der Waals surface area contributed by atoms with Crippen LogP contribution < -0.4 is 4.90 Å². The molecule has 0 radical (unpaired) electrons. The molecule has 2 aliphatic carbocycles. The van der Waals surface area contributed by atoms with E-state index in [-0.39, 0.29) is 5.92 Å². The lowest BCUT2D eigenvalue weighted by atomic mass is 9.83. The summed E-state index contributed by atoms with van der Waals surface area (Å²) < 4.78 is 13.2. The van der Waals surface area contributed by atoms with Gasteiger partial charge in [-0.2, -0.15) is 0 Å². The van der Waals surface area contributed by atoms with Crippen molar-refractivity contribution in [3.8, 4) is 11.1 Å². The second-order valence-corrected chi connectivity index (χ2v) is 14.3. The number of fused-ring (bicyclic) bond motifs is 9. The van der Waals surface area contributed by atoms with Crippen LogP contribution in [0.25, 0.3) is 71.9 Å². The quantitative estimate of drug-likeness (QED) is 0.181. The predicted molar refractivity (Wildman–Crippen MR) is 221 cm³/mol. The minimum absolute atomic E-state index is 0.243. The van der Waals surface area contributed by atoms with Crippen LogP contribution in [0.1, 0.15) is 35.4 Å². The Bertz CT molecular complexity index is 3010. The SMILES string of the molecule is C1=Cc2c(cccc2C2C=C(N(c3ccc4oc5ccccc5c4c3)c3ccccc3-c3cccc4c3oc3c5ccccc5ccc43)C=CC2)CC1. The van der Waals surface area contributed by atoms with E-state index < -0.39 is 0 Å². The Morgan fingerprint density at radius 1 is 0.547 bits per heavy atom. The van der Waals surface area contributed by atoms with Crippen LogP contribution in [0.4, 0.5) is 11.4 Å². The molecule has 1 unspecified atom stereocenters. The molecule has 252 valence electrons. The van der Waals surface area contributed by atoms with E-state index in [4.69, 9.17) is 8.83 Å². The van der Waals surface area contributed by atoms with E-state index in [1.807, 2.05) is 12.1 Å². The Morgan fingerprint density at radius 2 is 1.34 bits per heavy atom. The normalized spacial score (nSPS) is 15.5. The zero-order valence-electron chi connectivity index (χ0n) is 29.1. The number of rotatable bonds is 5. The Morgan fingerprint density at radius 3 is 2.32 bits per heavy atom. The summed E-state index contributed by atoms with van der Waals surface area (Å²) in [6.45, 7) is 0. The minimum atomic E-state index is 0.243. The van der Waals surface area contributed by atoms with Gasteiger partial charge in [0.05, 0.1) is 5.69 Å². The maximum absolute atomic E-state index is 6.89. The van der Waals surface area contributed by atoms with E-state index in [0.717, 1.165) is 96.7 Å². The van der Waals surface area contributed by atoms with Gasteiger partial charge in [0, 0.05) is 55.4 Å². The molecule has 0 N–H and O–H groups in total. The van der Waals surface area contributed by atoms with Crippen LogP contribution in [-0.2, 0) is 6.42 Å². The van der Waals surface area contributed by atoms with Crippen LogP contribution in [0.15, 0.2) is 178 Å². The van der Waals surface area contributed by atoms with Gasteiger partial charge in [0.1, 0.15) is 22.3 Å². The van der Waals surface area contributed by atoms with Crippen molar-refractivity contribution in [2.24, 2.45) is 0 Å². The highest BCUT2D eigenvalue weighted by Gasteiger charge is 2.25. The number of furan rings is 2. The van der Waals surface area contributed by atoms with Crippen molar-refractivity contribution in [3.63, 3.8) is 0 Å². The van der Waals surface area contributed by atoms with E-state index in [2.05, 4.69) is 163 Å². The summed E-state index contributed by atoms with van der Waals surface area (Å²) in [5, 5.41) is 6.78. The molecule has 2 heterocycles. The highest BCUT2D eigenvalue weighted by molar-refractivity contribution is 6.17. The summed E-state index contributed by atoms with van der Waals surface area (Å²) in [6, 6.07) is 49.9. The fraction of sp³-hybridized carbons (Fsp3) is 0.0800. The largest absolute Gasteiger partial charge is 0.456 e. The monoisotopic (exact) mass is 681 g/mol. The van der Waals surface area contributed by atoms with Gasteiger partial charge in [-0.15, -0.1) is 0 Å². The number of hydrogen-bond acceptors (Lipinski definition) is 3. The molecule has 0 amide bonds. The topological polar surface area (TPSA) is 29.5 Å². The van der Waals surface area contributed by atoms with Crippen LogP contribution >= 0.6 is 0 Å². The van der Waals surface area contributed by atoms with Crippen LogP contribution in [0.3, 0.4) is 0 Å². The number of aryl methyl sites for hydroxylation is 1. The second kappa shape index (κ2) is 12.0. The molecule has 9 aromatic rings. The van der Waals surface area contributed by atoms with Crippen LogP contribution in [0.2, 0.25) is 0 Å². The first-order chi connectivity index (χ1) is 26.3. The highest BCUT2D eigenvalue weighted by atomic mass is 16.3. The molecule has 0 fully saturated rings. The molecule has 11 rings (SSSR count). The number of benzene rings is 7. The molecule has 0 aliphatic heterocycles. The van der Waals surface area contributed by atoms with Crippen molar-refractivity contribution in [1.29, 1.82) is 0 Å². The first-order valence-electron chi connectivity index (χ1n) is 18.6. The number of hydrogen-bond donors (Lipinski definition) is 0. The van der Waals surface area contributed by atoms with Gasteiger partial charge in [-0.25, -0.2) is 0 Å². The summed E-state index contributed by atoms with van der Waals surface area (Å²) in [6.07, 6.45) is 14.9. The molecule has 53 heavy (non-hydrogen) atoms. The lowest BCUT2D eigenvalue weighted by molar-refractivity contribution is 0.669. The second-order valence-electron chi connectivity index (χ2n) is 14.3. The van der Waals surface area contributed by atoms with Crippen molar-refractivity contribution >= 4 is 72.1 Å². The molecule has 3 heteroatoms. The summed E-state index contributed by atoms with van der Waals surface area (Å²) >= 11 is 0. The van der Waals surface area contributed by atoms with E-state index in [1.54, 1.807) is 0 Å². The fourth-order valence-electron chi connectivity index (χ4n) is 8.76. The third-order valence-electron chi connectivity index (χ3n) is 11.2. The third kappa shape index (κ3) is 4.81. The standard InChI is InChI=1S/C50H35NO2/c1-3-17-37-32(12-1)14-10-21-38(37)34-15-9-16-35(30-34)51(36-27-29-48-45(31-36)41-20-6-8-25-47(41)52-48)46-24-7-5-19-40(46)42-22-11-23-43-44-28-26-33-13-2-4-18-39(33)49(44)53-50(42)43/h2-11,13-14,16-31,34H,1,12,15H2. The van der Waals surface area contributed by atoms with Crippen molar-refractivity contribution in [3.05, 3.63) is 186 Å². The first-order valence-corrected chi connectivity index (χ1v) is 18.6. The molecule has 0 spiro atoms. The molecule has 1 atom stereocenters. The van der Waals surface area contributed by atoms with Gasteiger partial charge < -0.3 is 13.7 Å². The summed E-state index contributed by atoms with van der Waals surface area (Å²) in [4.78, 5) is 2.43. The Hall–Kier alpha value is -6.58. The lowest BCUT2D eigenvalue weighted by Crippen LogP contribution is -2.19. The Balaban J connectivity index is 1.14. The van der Waals surface area contributed by atoms with Crippen LogP contribution in [0, 0.1) is 0 Å². The predicted octanol–water partition coefficient (Wildman–Crippen LogP) is 14.0. The average molecular weight is 682 g/mol. The maximum atomic E-state index is 6.89. The molecule has 0 saturated heterocycles. The summed E-state index contributed by atoms with van der Waals surface area (Å²) in [7, 11) is 0. The van der Waals surface area contributed by atoms with Gasteiger partial charge in [0.25, 0.3) is 0 Å². The molecular formula is C50H35NO2. The van der Waals surface area contributed by atoms with Crippen LogP contribution in [0.5, 0.6) is 0 Å². The Kier molecular flexibility index (Phi) is 6.81. The molecule has 2 aliphatic rings. The molecule has 0 saturated carbocycles. The fourth-order valence-corrected chi connectivity index (χ4v) is 8.76. The number of anilines is 2. The van der Waals surface area contributed by atoms with Gasteiger partial charge in [-0.3, -0.25) is 0 Å². The van der Waals surface area contributed by atoms with Gasteiger partial charge in [0.15, 0.2) is 0 Å². The van der Waals surface area contributed by atoms with Crippen molar-refractivity contribution in [2.75, 3.05) is 4.90 Å². The molecule has 3 nitrogen and oxygen atoms in total. The third-order valence-corrected chi connectivity index (χ3v) is 11.2. The highest BCUT2D eigenvalue weighted by Crippen LogP contribution is 2.46. The number of allylic oxidation sites excluding steroid dienone is 4.